The number of aromatic amines is 1. The molecule has 1 fully saturated rings. The lowest BCUT2D eigenvalue weighted by Gasteiger charge is -2.25. The Labute approximate surface area is 261 Å². The maximum absolute atomic E-state index is 13.2. The Morgan fingerprint density at radius 3 is 2.74 bits per heavy atom. The number of halogens is 1. The van der Waals surface area contributed by atoms with E-state index in [-0.39, 0.29) is 46.4 Å². The third-order valence-corrected chi connectivity index (χ3v) is 9.10. The average molecular weight is 705 g/mol. The highest BCUT2D eigenvalue weighted by Crippen LogP contribution is 2.51. The van der Waals surface area contributed by atoms with Gasteiger partial charge in [0.25, 0.3) is 5.56 Å². The zero-order valence-electron chi connectivity index (χ0n) is 23.2. The zero-order chi connectivity index (χ0) is 33.0. The first-order valence-electron chi connectivity index (χ1n) is 13.2. The summed E-state index contributed by atoms with van der Waals surface area (Å²) < 4.78 is 48.4. The van der Waals surface area contributed by atoms with Crippen molar-refractivity contribution in [2.45, 2.75) is 36.8 Å². The van der Waals surface area contributed by atoms with Crippen LogP contribution in [0.2, 0.25) is 5.15 Å². The summed E-state index contributed by atoms with van der Waals surface area (Å²) in [4.78, 5) is 54.8. The lowest BCUT2D eigenvalue weighted by molar-refractivity contribution is -0.0114. The summed E-state index contributed by atoms with van der Waals surface area (Å²) >= 11 is 6.04. The molecule has 8 N–H and O–H groups in total. The number of rotatable bonds is 11. The number of nitrogens with one attached hydrogen (secondary N) is 1. The number of aliphatic hydroxyl groups excluding tert-OH is 2. The molecular weight excluding hydrogens is 680 g/mol. The van der Waals surface area contributed by atoms with Crippen LogP contribution in [0.3, 0.4) is 0 Å². The fourth-order valence-corrected chi connectivity index (χ4v) is 6.98. The molecule has 0 saturated heterocycles. The van der Waals surface area contributed by atoms with Crippen molar-refractivity contribution in [2.24, 2.45) is 5.92 Å². The van der Waals surface area contributed by atoms with Crippen molar-refractivity contribution in [1.29, 1.82) is 0 Å². The van der Waals surface area contributed by atoms with Gasteiger partial charge in [0.2, 0.25) is 11.7 Å². The van der Waals surface area contributed by atoms with Crippen LogP contribution in [0.5, 0.6) is 0 Å². The van der Waals surface area contributed by atoms with Gasteiger partial charge in [0.1, 0.15) is 31.2 Å². The van der Waals surface area contributed by atoms with Gasteiger partial charge in [0.15, 0.2) is 33.3 Å². The summed E-state index contributed by atoms with van der Waals surface area (Å²) in [7, 11) is -8.46. The summed E-state index contributed by atoms with van der Waals surface area (Å²) in [5.41, 5.74) is 3.28. The Morgan fingerprint density at radius 2 is 2.00 bits per heavy atom. The second-order valence-electron chi connectivity index (χ2n) is 10.4. The Hall–Kier alpha value is -3.62. The van der Waals surface area contributed by atoms with Crippen LogP contribution in [0.4, 0.5) is 5.95 Å². The molecule has 246 valence electrons. The van der Waals surface area contributed by atoms with E-state index in [0.29, 0.717) is 0 Å². The Balaban J connectivity index is 1.24. The first kappa shape index (κ1) is 32.3. The quantitative estimate of drug-likeness (QED) is 0.0746. The minimum absolute atomic E-state index is 0.00226. The number of imidazole rings is 2. The molecule has 6 rings (SSSR count). The molecule has 1 aliphatic heterocycles. The number of H-pyrrole nitrogens is 1. The van der Waals surface area contributed by atoms with Crippen molar-refractivity contribution < 1.29 is 52.5 Å². The van der Waals surface area contributed by atoms with Crippen LogP contribution in [0.1, 0.15) is 12.5 Å². The SMILES string of the molecule is Nc1nc2c(ncn2C2CC(CO)C(O)C2OP(=O)(O)OCC2=C(O[P+](=O)O)C(O)(Cn3cnc4c(Cl)ncnc43)CO2)c(=O)[nH]1. The number of hydrogen-bond donors (Lipinski definition) is 7. The minimum Gasteiger partial charge on any atom is -0.488 e. The van der Waals surface area contributed by atoms with E-state index < -0.39 is 82.7 Å². The Kier molecular flexibility index (Phi) is 8.57. The molecule has 46 heavy (non-hydrogen) atoms. The van der Waals surface area contributed by atoms with Gasteiger partial charge in [-0.25, -0.2) is 29.0 Å². The van der Waals surface area contributed by atoms with Crippen molar-refractivity contribution in [3.8, 4) is 0 Å². The van der Waals surface area contributed by atoms with E-state index in [2.05, 4.69) is 29.9 Å². The van der Waals surface area contributed by atoms with Crippen LogP contribution >= 0.6 is 27.7 Å². The predicted molar refractivity (Wildman–Crippen MR) is 153 cm³/mol. The van der Waals surface area contributed by atoms with E-state index >= 15 is 0 Å². The van der Waals surface area contributed by atoms with Gasteiger partial charge >= 0.3 is 16.1 Å². The van der Waals surface area contributed by atoms with Gasteiger partial charge in [-0.2, -0.15) is 4.98 Å². The summed E-state index contributed by atoms with van der Waals surface area (Å²) in [5.74, 6) is -2.03. The van der Waals surface area contributed by atoms with Gasteiger partial charge in [-0.15, -0.1) is 4.89 Å². The molecule has 2 aliphatic rings. The molecule has 1 aliphatic carbocycles. The molecule has 0 amide bonds. The monoisotopic (exact) mass is 704 g/mol. The molecule has 1 saturated carbocycles. The molecule has 7 atom stereocenters. The fraction of sp³-hybridized carbons (Fsp3) is 0.455. The Bertz CT molecular complexity index is 1970. The summed E-state index contributed by atoms with van der Waals surface area (Å²) in [6.45, 7) is -2.32. The fourth-order valence-electron chi connectivity index (χ4n) is 5.46. The molecule has 0 spiro atoms. The lowest BCUT2D eigenvalue weighted by atomic mass is 10.0. The average Bonchev–Trinajstić information content (AvgIpc) is 3.74. The second kappa shape index (κ2) is 12.2. The van der Waals surface area contributed by atoms with Crippen molar-refractivity contribution >= 4 is 56.0 Å². The normalized spacial score (nSPS) is 26.5. The van der Waals surface area contributed by atoms with Gasteiger partial charge < -0.3 is 39.8 Å². The summed E-state index contributed by atoms with van der Waals surface area (Å²) in [5, 5.41) is 32.1. The zero-order valence-corrected chi connectivity index (χ0v) is 25.7. The Morgan fingerprint density at radius 1 is 1.24 bits per heavy atom. The van der Waals surface area contributed by atoms with Crippen LogP contribution in [-0.2, 0) is 34.0 Å². The highest BCUT2D eigenvalue weighted by molar-refractivity contribution is 7.47. The molecule has 4 aromatic rings. The number of nitrogens with zero attached hydrogens (tertiary/aromatic N) is 7. The standard InChI is InChI=1S/C22H24ClN9O12P2/c23-17-12-18(26-6-25-17)31(7-27-12)4-22(36)5-41-11(16(22)43-45(37)38)3-42-46(39,40)44-15-10(1-9(2-33)14(15)34)32-8-28-13-19(32)29-21(24)30-20(13)35/h6-10,14-15,33-34,36H,1-5H2,(H4-,24,29,30,35,37,38,39,40)/p+1. The molecule has 4 aromatic heterocycles. The van der Waals surface area contributed by atoms with Crippen LogP contribution in [0.15, 0.2) is 35.3 Å². The number of nitrogens with two attached hydrogens (primary N) is 1. The van der Waals surface area contributed by atoms with E-state index in [1.54, 1.807) is 0 Å². The van der Waals surface area contributed by atoms with E-state index in [9.17, 15) is 39.0 Å². The highest BCUT2D eigenvalue weighted by atomic mass is 35.5. The molecule has 21 nitrogen and oxygen atoms in total. The third kappa shape index (κ3) is 5.97. The summed E-state index contributed by atoms with van der Waals surface area (Å²) in [6, 6.07) is -0.971. The van der Waals surface area contributed by atoms with Crippen molar-refractivity contribution in [1.82, 2.24) is 39.0 Å². The number of anilines is 1. The number of hydrogen-bond acceptors (Lipinski definition) is 16. The first-order valence-corrected chi connectivity index (χ1v) is 16.2. The predicted octanol–water partition coefficient (Wildman–Crippen LogP) is -0.749. The summed E-state index contributed by atoms with van der Waals surface area (Å²) in [6.07, 6.45) is 0.713. The molecule has 0 bridgehead atoms. The smallest absolute Gasteiger partial charge is 0.488 e. The molecular formula is C22H25ClN9O12P2+. The van der Waals surface area contributed by atoms with Gasteiger partial charge in [0, 0.05) is 17.1 Å². The second-order valence-corrected chi connectivity index (χ2v) is 12.9. The van der Waals surface area contributed by atoms with Crippen molar-refractivity contribution in [3.05, 3.63) is 46.0 Å². The topological polar surface area (TPSA) is 305 Å². The van der Waals surface area contributed by atoms with E-state index in [1.165, 1.54) is 28.1 Å². The molecule has 0 aromatic carbocycles. The third-order valence-electron chi connectivity index (χ3n) is 7.52. The van der Waals surface area contributed by atoms with Crippen LogP contribution in [-0.4, -0.2) is 102 Å². The van der Waals surface area contributed by atoms with Gasteiger partial charge in [-0.1, -0.05) is 11.6 Å². The van der Waals surface area contributed by atoms with Crippen molar-refractivity contribution in [3.63, 3.8) is 0 Å². The largest absolute Gasteiger partial charge is 0.747 e. The molecule has 5 heterocycles. The van der Waals surface area contributed by atoms with Gasteiger partial charge in [0.05, 0.1) is 31.3 Å². The number of phosphoric ester groups is 1. The first-order chi connectivity index (χ1) is 21.8. The number of aromatic nitrogens is 8. The van der Waals surface area contributed by atoms with Crippen LogP contribution in [0, 0.1) is 5.92 Å². The van der Waals surface area contributed by atoms with E-state index in [4.69, 9.17) is 35.6 Å². The maximum Gasteiger partial charge on any atom is 0.747 e. The van der Waals surface area contributed by atoms with Crippen molar-refractivity contribution in [2.75, 3.05) is 25.6 Å². The number of nitrogen functional groups attached to an aromatic ring is 1. The molecule has 7 unspecified atom stereocenters. The number of fused-ring (bicyclic) bond motifs is 2. The van der Waals surface area contributed by atoms with E-state index in [1.807, 2.05) is 0 Å². The van der Waals surface area contributed by atoms with Gasteiger partial charge in [-0.05, 0) is 6.42 Å². The number of ether oxygens (including phenoxy) is 1. The van der Waals surface area contributed by atoms with Crippen LogP contribution < -0.4 is 11.3 Å². The number of phosphoric acid groups is 1. The van der Waals surface area contributed by atoms with Gasteiger partial charge in [-0.3, -0.25) is 18.8 Å². The highest BCUT2D eigenvalue weighted by Gasteiger charge is 2.51. The number of aliphatic hydroxyl groups is 3. The maximum atomic E-state index is 13.2. The lowest BCUT2D eigenvalue weighted by Crippen LogP contribution is -2.38. The van der Waals surface area contributed by atoms with Crippen LogP contribution in [0.25, 0.3) is 22.3 Å². The minimum atomic E-state index is -5.11. The molecule has 0 radical (unpaired) electrons. The van der Waals surface area contributed by atoms with E-state index in [0.717, 1.165) is 0 Å². The molecule has 24 heteroatoms.